The van der Waals surface area contributed by atoms with Crippen LogP contribution in [0.25, 0.3) is 0 Å². The normalized spacial score (nSPS) is 39.2. The van der Waals surface area contributed by atoms with E-state index in [0.717, 1.165) is 5.92 Å². The molecule has 2 saturated heterocycles. The fourth-order valence-electron chi connectivity index (χ4n) is 4.88. The van der Waals surface area contributed by atoms with Crippen molar-refractivity contribution in [2.45, 2.75) is 68.5 Å². The van der Waals surface area contributed by atoms with Crippen LogP contribution in [0.15, 0.2) is 30.3 Å². The van der Waals surface area contributed by atoms with Crippen molar-refractivity contribution >= 4 is 19.4 Å². The van der Waals surface area contributed by atoms with Crippen molar-refractivity contribution in [3.05, 3.63) is 30.3 Å². The molecule has 4 atom stereocenters. The Morgan fingerprint density at radius 1 is 1.19 bits per heavy atom. The fraction of sp³-hybridized carbons (Fsp3) is 0.667. The van der Waals surface area contributed by atoms with Gasteiger partial charge in [0.05, 0.1) is 0 Å². The van der Waals surface area contributed by atoms with Gasteiger partial charge < -0.3 is 0 Å². The SMILES string of the molecule is C[C@H]1ON2[C@H](C[Se]c3ccccc3)CCC[C@]23CCC[C@H]13. The molecule has 0 amide bonds. The van der Waals surface area contributed by atoms with E-state index in [2.05, 4.69) is 42.3 Å². The van der Waals surface area contributed by atoms with Crippen LogP contribution in [-0.2, 0) is 4.84 Å². The third-order valence-electron chi connectivity index (χ3n) is 5.76. The number of rotatable bonds is 3. The van der Waals surface area contributed by atoms with Crippen LogP contribution < -0.4 is 4.46 Å². The standard InChI is InChI=1S/C18H25NOSe/c1-14-17-10-6-12-18(17)11-5-7-15(19(18)20-14)13-21-16-8-3-2-4-9-16/h2-4,8-9,14-15,17H,5-7,10-13H2,1H3/t14-,15+,17-,18-/m1/s1. The predicted molar refractivity (Wildman–Crippen MR) is 86.7 cm³/mol. The van der Waals surface area contributed by atoms with Crippen molar-refractivity contribution in [3.8, 4) is 0 Å². The van der Waals surface area contributed by atoms with Gasteiger partial charge in [0.25, 0.3) is 0 Å². The number of hydroxylamine groups is 2. The molecule has 3 heteroatoms. The third kappa shape index (κ3) is 2.39. The molecule has 1 aliphatic carbocycles. The molecule has 0 radical (unpaired) electrons. The van der Waals surface area contributed by atoms with Gasteiger partial charge in [0.15, 0.2) is 0 Å². The Kier molecular flexibility index (Phi) is 3.87. The summed E-state index contributed by atoms with van der Waals surface area (Å²) < 4.78 is 1.53. The van der Waals surface area contributed by atoms with Gasteiger partial charge in [-0.25, -0.2) is 0 Å². The Morgan fingerprint density at radius 3 is 2.76 bits per heavy atom. The van der Waals surface area contributed by atoms with E-state index in [9.17, 15) is 0 Å². The van der Waals surface area contributed by atoms with Crippen LogP contribution >= 0.6 is 0 Å². The van der Waals surface area contributed by atoms with Gasteiger partial charge in [-0.3, -0.25) is 0 Å². The molecular weight excluding hydrogens is 325 g/mol. The Bertz CT molecular complexity index is 493. The molecule has 114 valence electrons. The van der Waals surface area contributed by atoms with Gasteiger partial charge in [0, 0.05) is 0 Å². The van der Waals surface area contributed by atoms with Crippen molar-refractivity contribution in [1.82, 2.24) is 5.06 Å². The van der Waals surface area contributed by atoms with Crippen LogP contribution in [0, 0.1) is 5.92 Å². The van der Waals surface area contributed by atoms with E-state index in [1.54, 1.807) is 0 Å². The van der Waals surface area contributed by atoms with E-state index in [1.165, 1.54) is 48.3 Å². The monoisotopic (exact) mass is 351 g/mol. The number of hydrogen-bond donors (Lipinski definition) is 0. The van der Waals surface area contributed by atoms with Crippen LogP contribution in [-0.4, -0.2) is 37.7 Å². The van der Waals surface area contributed by atoms with Crippen molar-refractivity contribution in [2.24, 2.45) is 5.92 Å². The van der Waals surface area contributed by atoms with Crippen LogP contribution in [0.2, 0.25) is 5.32 Å². The zero-order valence-electron chi connectivity index (χ0n) is 12.8. The van der Waals surface area contributed by atoms with Gasteiger partial charge in [-0.05, 0) is 0 Å². The fourth-order valence-corrected chi connectivity index (χ4v) is 7.05. The van der Waals surface area contributed by atoms with Crippen molar-refractivity contribution in [3.63, 3.8) is 0 Å². The number of nitrogens with zero attached hydrogens (tertiary/aromatic N) is 1. The van der Waals surface area contributed by atoms with E-state index in [-0.39, 0.29) is 0 Å². The molecule has 0 unspecified atom stereocenters. The molecule has 1 aromatic carbocycles. The third-order valence-corrected chi connectivity index (χ3v) is 8.19. The molecule has 21 heavy (non-hydrogen) atoms. The number of hydrogen-bond acceptors (Lipinski definition) is 2. The first-order chi connectivity index (χ1) is 10.3. The molecule has 0 bridgehead atoms. The van der Waals surface area contributed by atoms with E-state index in [4.69, 9.17) is 4.84 Å². The second-order valence-electron chi connectivity index (χ2n) is 6.91. The molecule has 3 fully saturated rings. The first-order valence-corrected chi connectivity index (χ1v) is 10.5. The summed E-state index contributed by atoms with van der Waals surface area (Å²) in [4.78, 5) is 6.37. The molecule has 2 heterocycles. The molecule has 0 N–H and O–H groups in total. The minimum absolute atomic E-state index is 0.412. The van der Waals surface area contributed by atoms with E-state index < -0.39 is 0 Å². The Hall–Kier alpha value is -0.341. The van der Waals surface area contributed by atoms with Crippen LogP contribution in [0.4, 0.5) is 0 Å². The van der Waals surface area contributed by atoms with E-state index in [0.29, 0.717) is 32.6 Å². The molecule has 0 aromatic heterocycles. The van der Waals surface area contributed by atoms with Gasteiger partial charge in [-0.2, -0.15) is 0 Å². The second-order valence-corrected chi connectivity index (χ2v) is 9.20. The van der Waals surface area contributed by atoms with Crippen molar-refractivity contribution in [2.75, 3.05) is 0 Å². The van der Waals surface area contributed by atoms with Gasteiger partial charge in [0.2, 0.25) is 0 Å². The molecule has 1 spiro atoms. The Morgan fingerprint density at radius 2 is 1.95 bits per heavy atom. The molecule has 4 rings (SSSR count). The second kappa shape index (κ2) is 5.70. The van der Waals surface area contributed by atoms with Crippen LogP contribution in [0.1, 0.15) is 45.4 Å². The summed E-state index contributed by atoms with van der Waals surface area (Å²) in [5.74, 6) is 0.796. The first-order valence-electron chi connectivity index (χ1n) is 8.43. The average molecular weight is 350 g/mol. The maximum atomic E-state index is 6.37. The summed E-state index contributed by atoms with van der Waals surface area (Å²) in [5, 5.41) is 3.81. The summed E-state index contributed by atoms with van der Waals surface area (Å²) in [6, 6.07) is 11.7. The first kappa shape index (κ1) is 14.3. The zero-order valence-corrected chi connectivity index (χ0v) is 14.5. The van der Waals surface area contributed by atoms with Crippen LogP contribution in [0.5, 0.6) is 0 Å². The molecule has 2 aliphatic heterocycles. The van der Waals surface area contributed by atoms with Gasteiger partial charge >= 0.3 is 134 Å². The average Bonchev–Trinajstić information content (AvgIpc) is 3.04. The summed E-state index contributed by atoms with van der Waals surface area (Å²) in [6.45, 7) is 2.30. The Labute approximate surface area is 134 Å². The predicted octanol–water partition coefficient (Wildman–Crippen LogP) is 3.16. The van der Waals surface area contributed by atoms with E-state index in [1.807, 2.05) is 0 Å². The number of benzene rings is 1. The molecule has 1 saturated carbocycles. The summed E-state index contributed by atoms with van der Waals surface area (Å²) in [6.07, 6.45) is 8.71. The molecule has 2 nitrogen and oxygen atoms in total. The zero-order chi connectivity index (χ0) is 14.3. The van der Waals surface area contributed by atoms with E-state index >= 15 is 0 Å². The number of piperidine rings is 1. The molecule has 3 aliphatic rings. The summed E-state index contributed by atoms with van der Waals surface area (Å²) in [5.41, 5.74) is 0.412. The van der Waals surface area contributed by atoms with Crippen LogP contribution in [0.3, 0.4) is 0 Å². The van der Waals surface area contributed by atoms with Gasteiger partial charge in [-0.15, -0.1) is 0 Å². The maximum absolute atomic E-state index is 6.37. The summed E-state index contributed by atoms with van der Waals surface area (Å²) >= 11 is 0.577. The molecule has 1 aromatic rings. The molecular formula is C18H25NOSe. The quantitative estimate of drug-likeness (QED) is 0.777. The van der Waals surface area contributed by atoms with Crippen molar-refractivity contribution in [1.29, 1.82) is 0 Å². The summed E-state index contributed by atoms with van der Waals surface area (Å²) in [7, 11) is 0. The topological polar surface area (TPSA) is 12.5 Å². The van der Waals surface area contributed by atoms with Gasteiger partial charge in [0.1, 0.15) is 0 Å². The van der Waals surface area contributed by atoms with Gasteiger partial charge in [-0.1, -0.05) is 0 Å². The minimum atomic E-state index is 0.412. The van der Waals surface area contributed by atoms with Crippen molar-refractivity contribution < 1.29 is 4.84 Å². The Balaban J connectivity index is 1.49.